The summed E-state index contributed by atoms with van der Waals surface area (Å²) in [4.78, 5) is 33.0. The molecule has 0 saturated carbocycles. The van der Waals surface area contributed by atoms with Crippen LogP contribution in [-0.4, -0.2) is 45.7 Å². The van der Waals surface area contributed by atoms with Crippen molar-refractivity contribution in [2.75, 3.05) is 19.0 Å². The number of aromatic nitrogens is 2. The molecule has 0 bridgehead atoms. The maximum Gasteiger partial charge on any atom is 0.267 e. The quantitative estimate of drug-likeness (QED) is 0.828. The van der Waals surface area contributed by atoms with Crippen LogP contribution < -0.4 is 5.73 Å². The van der Waals surface area contributed by atoms with Gasteiger partial charge in [-0.2, -0.15) is 0 Å². The van der Waals surface area contributed by atoms with Gasteiger partial charge in [-0.15, -0.1) is 11.6 Å². The van der Waals surface area contributed by atoms with Crippen LogP contribution in [0.5, 0.6) is 0 Å². The summed E-state index contributed by atoms with van der Waals surface area (Å²) < 4.78 is 0. The molecule has 1 saturated heterocycles. The van der Waals surface area contributed by atoms with Crippen molar-refractivity contribution in [3.05, 3.63) is 23.8 Å². The first-order chi connectivity index (χ1) is 10.6. The molecule has 1 unspecified atom stereocenters. The number of carbonyl (C=O) groups excluding carboxylic acids is 2. The van der Waals surface area contributed by atoms with E-state index in [0.717, 1.165) is 44.5 Å². The summed E-state index contributed by atoms with van der Waals surface area (Å²) in [5.41, 5.74) is 6.31. The molecule has 1 aromatic rings. The Bertz CT molecular complexity index is 538. The highest BCUT2D eigenvalue weighted by atomic mass is 35.5. The molecule has 1 aliphatic heterocycles. The number of amides is 2. The van der Waals surface area contributed by atoms with Gasteiger partial charge < -0.3 is 10.6 Å². The monoisotopic (exact) mass is 324 g/mol. The predicted octanol–water partition coefficient (Wildman–Crippen LogP) is 1.38. The molecule has 2 amide bonds. The van der Waals surface area contributed by atoms with Crippen LogP contribution in [0.1, 0.15) is 41.9 Å². The lowest BCUT2D eigenvalue weighted by Crippen LogP contribution is -2.32. The summed E-state index contributed by atoms with van der Waals surface area (Å²) in [6.45, 7) is 1.55. The highest BCUT2D eigenvalue weighted by Crippen LogP contribution is 2.21. The molecule has 0 radical (unpaired) electrons. The van der Waals surface area contributed by atoms with Crippen LogP contribution in [0.3, 0.4) is 0 Å². The van der Waals surface area contributed by atoms with Crippen molar-refractivity contribution in [1.29, 1.82) is 0 Å². The molecule has 1 fully saturated rings. The van der Waals surface area contributed by atoms with E-state index in [1.807, 2.05) is 4.90 Å². The minimum absolute atomic E-state index is 0.133. The average molecular weight is 325 g/mol. The van der Waals surface area contributed by atoms with Crippen LogP contribution in [-0.2, 0) is 11.2 Å². The molecule has 2 rings (SSSR count). The number of alkyl halides is 1. The highest BCUT2D eigenvalue weighted by Gasteiger charge is 2.21. The fourth-order valence-corrected chi connectivity index (χ4v) is 2.96. The Morgan fingerprint density at radius 1 is 1.32 bits per heavy atom. The highest BCUT2D eigenvalue weighted by molar-refractivity contribution is 6.18. The van der Waals surface area contributed by atoms with Crippen molar-refractivity contribution >= 4 is 23.4 Å². The van der Waals surface area contributed by atoms with Gasteiger partial charge in [0.05, 0.1) is 0 Å². The van der Waals surface area contributed by atoms with Crippen LogP contribution in [0.2, 0.25) is 0 Å². The molecule has 2 N–H and O–H groups in total. The summed E-state index contributed by atoms with van der Waals surface area (Å²) in [7, 11) is 0. The van der Waals surface area contributed by atoms with Gasteiger partial charge in [-0.3, -0.25) is 9.59 Å². The maximum atomic E-state index is 11.9. The molecule has 2 heterocycles. The molecule has 0 aliphatic carbocycles. The first-order valence-corrected chi connectivity index (χ1v) is 8.08. The van der Waals surface area contributed by atoms with Crippen molar-refractivity contribution in [2.24, 2.45) is 11.7 Å². The summed E-state index contributed by atoms with van der Waals surface area (Å²) in [6, 6.07) is 1.66. The van der Waals surface area contributed by atoms with Gasteiger partial charge in [-0.1, -0.05) is 0 Å². The van der Waals surface area contributed by atoms with Gasteiger partial charge in [0.25, 0.3) is 5.91 Å². The molecular formula is C15H21ClN4O2. The zero-order valence-electron chi connectivity index (χ0n) is 12.5. The molecule has 6 nitrogen and oxygen atoms in total. The summed E-state index contributed by atoms with van der Waals surface area (Å²) >= 11 is 5.63. The Labute approximate surface area is 135 Å². The van der Waals surface area contributed by atoms with Gasteiger partial charge in [0.2, 0.25) is 5.91 Å². The van der Waals surface area contributed by atoms with Crippen molar-refractivity contribution in [1.82, 2.24) is 14.9 Å². The van der Waals surface area contributed by atoms with Crippen LogP contribution in [0.4, 0.5) is 0 Å². The predicted molar refractivity (Wildman–Crippen MR) is 83.5 cm³/mol. The first-order valence-electron chi connectivity index (χ1n) is 7.54. The fraction of sp³-hybridized carbons (Fsp3) is 0.600. The second kappa shape index (κ2) is 8.08. The van der Waals surface area contributed by atoms with Gasteiger partial charge in [-0.05, 0) is 37.7 Å². The lowest BCUT2D eigenvalue weighted by Gasteiger charge is -2.20. The Morgan fingerprint density at radius 3 is 2.86 bits per heavy atom. The molecule has 0 spiro atoms. The van der Waals surface area contributed by atoms with Crippen LogP contribution in [0, 0.1) is 5.92 Å². The molecule has 22 heavy (non-hydrogen) atoms. The largest absolute Gasteiger partial charge is 0.364 e. The lowest BCUT2D eigenvalue weighted by molar-refractivity contribution is -0.130. The summed E-state index contributed by atoms with van der Waals surface area (Å²) in [5, 5.41) is 0. The Kier molecular flexibility index (Phi) is 6.12. The van der Waals surface area contributed by atoms with E-state index in [9.17, 15) is 9.59 Å². The van der Waals surface area contributed by atoms with Crippen LogP contribution >= 0.6 is 11.6 Å². The number of nitrogens with zero attached hydrogens (tertiary/aromatic N) is 3. The molecule has 1 atom stereocenters. The van der Waals surface area contributed by atoms with Gasteiger partial charge in [0.15, 0.2) is 0 Å². The minimum Gasteiger partial charge on any atom is -0.364 e. The smallest absolute Gasteiger partial charge is 0.267 e. The second-order valence-electron chi connectivity index (χ2n) is 5.58. The third-order valence-electron chi connectivity index (χ3n) is 3.98. The topological polar surface area (TPSA) is 89.2 Å². The van der Waals surface area contributed by atoms with Crippen molar-refractivity contribution in [3.8, 4) is 0 Å². The van der Waals surface area contributed by atoms with Gasteiger partial charge >= 0.3 is 0 Å². The summed E-state index contributed by atoms with van der Waals surface area (Å²) in [5.74, 6) is 0.413. The second-order valence-corrected chi connectivity index (χ2v) is 5.96. The van der Waals surface area contributed by atoms with Crippen LogP contribution in [0.15, 0.2) is 12.4 Å². The Balaban J connectivity index is 1.93. The number of likely N-dealkylation sites (tertiary alicyclic amines) is 1. The fourth-order valence-electron chi connectivity index (χ4n) is 2.80. The molecular weight excluding hydrogens is 304 g/mol. The number of primary amides is 1. The third-order valence-corrected chi connectivity index (χ3v) is 4.17. The van der Waals surface area contributed by atoms with E-state index in [-0.39, 0.29) is 11.6 Å². The van der Waals surface area contributed by atoms with E-state index in [1.165, 1.54) is 6.33 Å². The summed E-state index contributed by atoms with van der Waals surface area (Å²) in [6.07, 6.45) is 5.51. The standard InChI is InChI=1S/C15H21ClN4O2/c16-5-3-14(21)20-6-1-2-11(4-7-20)8-12-9-13(15(17)22)19-10-18-12/h9-11H,1-8H2,(H2,17,22). The van der Waals surface area contributed by atoms with Crippen molar-refractivity contribution in [3.63, 3.8) is 0 Å². The van der Waals surface area contributed by atoms with E-state index < -0.39 is 5.91 Å². The number of rotatable bonds is 5. The van der Waals surface area contributed by atoms with E-state index >= 15 is 0 Å². The van der Waals surface area contributed by atoms with E-state index in [1.54, 1.807) is 6.07 Å². The maximum absolute atomic E-state index is 11.9. The molecule has 7 heteroatoms. The third kappa shape index (κ3) is 4.66. The molecule has 1 aliphatic rings. The molecule has 120 valence electrons. The molecule has 1 aromatic heterocycles. The first kappa shape index (κ1) is 16.7. The number of carbonyl (C=O) groups is 2. The zero-order valence-corrected chi connectivity index (χ0v) is 13.3. The van der Waals surface area contributed by atoms with E-state index in [0.29, 0.717) is 18.2 Å². The normalized spacial score (nSPS) is 18.8. The number of halogens is 1. The zero-order chi connectivity index (χ0) is 15.9. The van der Waals surface area contributed by atoms with Crippen molar-refractivity contribution < 1.29 is 9.59 Å². The number of hydrogen-bond acceptors (Lipinski definition) is 4. The van der Waals surface area contributed by atoms with Crippen molar-refractivity contribution in [2.45, 2.75) is 32.1 Å². The Hall–Kier alpha value is -1.69. The number of hydrogen-bond donors (Lipinski definition) is 1. The lowest BCUT2D eigenvalue weighted by atomic mass is 9.95. The molecule has 0 aromatic carbocycles. The van der Waals surface area contributed by atoms with E-state index in [2.05, 4.69) is 9.97 Å². The van der Waals surface area contributed by atoms with Gasteiger partial charge in [-0.25, -0.2) is 9.97 Å². The average Bonchev–Trinajstić information content (AvgIpc) is 2.73. The Morgan fingerprint density at radius 2 is 2.14 bits per heavy atom. The minimum atomic E-state index is -0.539. The number of nitrogens with two attached hydrogens (primary N) is 1. The van der Waals surface area contributed by atoms with Gasteiger partial charge in [0, 0.05) is 31.1 Å². The SMILES string of the molecule is NC(=O)c1cc(CC2CCCN(C(=O)CCCl)CC2)ncn1. The van der Waals surface area contributed by atoms with E-state index in [4.69, 9.17) is 17.3 Å². The van der Waals surface area contributed by atoms with Gasteiger partial charge in [0.1, 0.15) is 12.0 Å². The van der Waals surface area contributed by atoms with Crippen LogP contribution in [0.25, 0.3) is 0 Å².